The molecule has 0 spiro atoms. The van der Waals surface area contributed by atoms with Gasteiger partial charge in [-0.25, -0.2) is 0 Å². The summed E-state index contributed by atoms with van der Waals surface area (Å²) in [6, 6.07) is 13.0. The number of rotatable bonds is 7. The zero-order valence-corrected chi connectivity index (χ0v) is 26.5. The first-order chi connectivity index (χ1) is 19.0. The number of fused-ring (bicyclic) bond motifs is 3. The van der Waals surface area contributed by atoms with Crippen LogP contribution in [0.15, 0.2) is 70.5 Å². The number of aromatic nitrogens is 3. The maximum absolute atomic E-state index is 12.2. The van der Waals surface area contributed by atoms with Gasteiger partial charge < -0.3 is 5.11 Å². The second-order valence-corrected chi connectivity index (χ2v) is 11.2. The molecule has 1 aliphatic rings. The van der Waals surface area contributed by atoms with Crippen molar-refractivity contribution in [1.29, 1.82) is 0 Å². The molecule has 0 saturated carbocycles. The van der Waals surface area contributed by atoms with E-state index >= 15 is 0 Å². The summed E-state index contributed by atoms with van der Waals surface area (Å²) in [6.07, 6.45) is 6.44. The zero-order valence-electron chi connectivity index (χ0n) is 25.3. The molecule has 5 rings (SSSR count). The smallest absolute Gasteiger partial charge is 0.164 e. The molecule has 4 aromatic rings. The second-order valence-electron chi connectivity index (χ2n) is 10.2. The Morgan fingerprint density at radius 3 is 2.41 bits per heavy atom. The number of carbonyl (C=O) groups excluding carboxylic acids is 1. The molecule has 0 fully saturated rings. The summed E-state index contributed by atoms with van der Waals surface area (Å²) >= 11 is 1.54. The molecule has 0 atom stereocenters. The van der Waals surface area contributed by atoms with Crippen molar-refractivity contribution in [2.45, 2.75) is 77.1 Å². The Labute approximate surface area is 252 Å². The molecule has 3 aromatic heterocycles. The van der Waals surface area contributed by atoms with E-state index in [0.29, 0.717) is 11.3 Å². The molecule has 0 aliphatic carbocycles. The molecule has 1 aliphatic heterocycles. The van der Waals surface area contributed by atoms with E-state index in [1.165, 1.54) is 17.8 Å². The SMILES string of the molecule is CCC(C)(CC)C(=O)/C=C(\O)C(C)(CC)CC.[2H]c1nc2c3c(cccc3c1[2H])Sc1nc3ncccc3[c-]c1-2.[Ir]. The van der Waals surface area contributed by atoms with Crippen molar-refractivity contribution in [2.75, 3.05) is 0 Å². The number of aliphatic hydroxyl groups is 1. The van der Waals surface area contributed by atoms with Gasteiger partial charge in [-0.15, -0.1) is 23.9 Å². The minimum atomic E-state index is -0.337. The van der Waals surface area contributed by atoms with Crippen LogP contribution in [0, 0.1) is 16.9 Å². The van der Waals surface area contributed by atoms with Crippen LogP contribution in [0.1, 0.15) is 70.0 Å². The third-order valence-electron chi connectivity index (χ3n) is 8.13. The Kier molecular flexibility index (Phi) is 9.11. The first-order valence-electron chi connectivity index (χ1n) is 14.2. The van der Waals surface area contributed by atoms with Crippen LogP contribution in [0.2, 0.25) is 0 Å². The summed E-state index contributed by atoms with van der Waals surface area (Å²) in [6.45, 7) is 12.1. The van der Waals surface area contributed by atoms with Gasteiger partial charge >= 0.3 is 0 Å². The van der Waals surface area contributed by atoms with E-state index in [2.05, 4.69) is 21.0 Å². The van der Waals surface area contributed by atoms with Gasteiger partial charge in [0.25, 0.3) is 0 Å². The van der Waals surface area contributed by atoms with Crippen molar-refractivity contribution in [2.24, 2.45) is 10.8 Å². The normalized spacial score (nSPS) is 13.5. The number of allylic oxidation sites excluding steroid dienone is 2. The van der Waals surface area contributed by atoms with Crippen LogP contribution in [0.25, 0.3) is 33.1 Å². The Hall–Kier alpha value is -2.60. The molecule has 1 aromatic carbocycles. The minimum absolute atomic E-state index is 0. The van der Waals surface area contributed by atoms with Crippen molar-refractivity contribution < 1.29 is 32.7 Å². The molecular weight excluding hydrogens is 683 g/mol. The Balaban J connectivity index is 0.000000233. The monoisotopic (exact) mass is 721 g/mol. The van der Waals surface area contributed by atoms with Crippen LogP contribution >= 0.6 is 11.8 Å². The number of hydrogen-bond donors (Lipinski definition) is 1. The fourth-order valence-corrected chi connectivity index (χ4v) is 5.34. The number of aliphatic hydroxyl groups excluding tert-OH is 1. The standard InChI is InChI=1S/C17H8N3S.C15H28O2.Ir/c1-3-10-6-8-18-15-12-9-11-4-2-7-19-16(11)20-17(12)21-13(5-1)14(10)15;1-7-14(5,8-2)12(16)11-13(17)15(6,9-3)10-4;/h1-8H;11,16H,7-10H2,1-6H3;/q-1;;/b;12-11-;/i6D,8D;;. The second kappa shape index (κ2) is 12.7. The molecule has 0 unspecified atom stereocenters. The fourth-order valence-electron chi connectivity index (χ4n) is 4.29. The number of carbonyl (C=O) groups is 1. The van der Waals surface area contributed by atoms with Gasteiger partial charge in [0, 0.05) is 65.0 Å². The van der Waals surface area contributed by atoms with Gasteiger partial charge in [0.1, 0.15) is 5.76 Å². The van der Waals surface area contributed by atoms with Gasteiger partial charge in [0.15, 0.2) is 5.78 Å². The minimum Gasteiger partial charge on any atom is -0.512 e. The molecule has 0 bridgehead atoms. The van der Waals surface area contributed by atoms with E-state index in [4.69, 9.17) is 2.74 Å². The van der Waals surface area contributed by atoms with E-state index in [1.54, 1.807) is 6.20 Å². The molecule has 207 valence electrons. The van der Waals surface area contributed by atoms with Crippen molar-refractivity contribution in [3.63, 3.8) is 0 Å². The Bertz CT molecular complexity index is 1620. The van der Waals surface area contributed by atoms with E-state index in [0.717, 1.165) is 57.3 Å². The fraction of sp³-hybridized carbons (Fsp3) is 0.375. The zero-order chi connectivity index (χ0) is 29.2. The molecule has 7 heteroatoms. The average molecular weight is 721 g/mol. The predicted molar refractivity (Wildman–Crippen MR) is 156 cm³/mol. The third kappa shape index (κ3) is 6.11. The van der Waals surface area contributed by atoms with Crippen molar-refractivity contribution in [3.8, 4) is 11.3 Å². The number of nitrogens with zero attached hydrogens (tertiary/aromatic N) is 3. The van der Waals surface area contributed by atoms with E-state index < -0.39 is 0 Å². The van der Waals surface area contributed by atoms with Crippen molar-refractivity contribution >= 4 is 39.4 Å². The van der Waals surface area contributed by atoms with Crippen LogP contribution in [-0.2, 0) is 24.9 Å². The third-order valence-corrected chi connectivity index (χ3v) is 9.18. The maximum atomic E-state index is 12.2. The predicted octanol–water partition coefficient (Wildman–Crippen LogP) is 8.76. The summed E-state index contributed by atoms with van der Waals surface area (Å²) in [5.41, 5.74) is 1.52. The number of hydrogen-bond acceptors (Lipinski definition) is 6. The van der Waals surface area contributed by atoms with Gasteiger partial charge in [-0.2, -0.15) is 0 Å². The van der Waals surface area contributed by atoms with E-state index in [1.807, 2.05) is 71.9 Å². The van der Waals surface area contributed by atoms with Gasteiger partial charge in [-0.05, 0) is 48.6 Å². The van der Waals surface area contributed by atoms with Crippen LogP contribution < -0.4 is 0 Å². The molecule has 5 nitrogen and oxygen atoms in total. The van der Waals surface area contributed by atoms with Crippen LogP contribution in [0.3, 0.4) is 0 Å². The number of ketones is 1. The Morgan fingerprint density at radius 1 is 1.05 bits per heavy atom. The van der Waals surface area contributed by atoms with Crippen LogP contribution in [0.4, 0.5) is 0 Å². The van der Waals surface area contributed by atoms with Crippen molar-refractivity contribution in [1.82, 2.24) is 15.0 Å². The Morgan fingerprint density at radius 2 is 1.74 bits per heavy atom. The average Bonchev–Trinajstić information content (AvgIpc) is 2.98. The summed E-state index contributed by atoms with van der Waals surface area (Å²) in [5.74, 6) is 0.286. The quantitative estimate of drug-likeness (QED) is 0.103. The topological polar surface area (TPSA) is 76.0 Å². The molecule has 4 heterocycles. The molecule has 0 saturated heterocycles. The first-order valence-corrected chi connectivity index (χ1v) is 14.0. The van der Waals surface area contributed by atoms with Gasteiger partial charge in [0.2, 0.25) is 0 Å². The van der Waals surface area contributed by atoms with Crippen LogP contribution in [-0.4, -0.2) is 25.8 Å². The summed E-state index contributed by atoms with van der Waals surface area (Å²) in [7, 11) is 0. The summed E-state index contributed by atoms with van der Waals surface area (Å²) in [5, 5.41) is 13.4. The molecule has 1 radical (unpaired) electrons. The van der Waals surface area contributed by atoms with Gasteiger partial charge in [-0.3, -0.25) is 19.7 Å². The maximum Gasteiger partial charge on any atom is 0.164 e. The molecular formula is C32H36IrN3O2S-. The van der Waals surface area contributed by atoms with Gasteiger partial charge in [0.05, 0.1) is 8.39 Å². The first kappa shape index (κ1) is 27.9. The van der Waals surface area contributed by atoms with Crippen LogP contribution in [0.5, 0.6) is 0 Å². The molecule has 39 heavy (non-hydrogen) atoms. The summed E-state index contributed by atoms with van der Waals surface area (Å²) in [4.78, 5) is 26.4. The van der Waals surface area contributed by atoms with E-state index in [9.17, 15) is 9.90 Å². The van der Waals surface area contributed by atoms with E-state index in [-0.39, 0.29) is 54.7 Å². The summed E-state index contributed by atoms with van der Waals surface area (Å²) < 4.78 is 16.1. The molecule has 0 amide bonds. The number of benzene rings is 1. The largest absolute Gasteiger partial charge is 0.512 e. The van der Waals surface area contributed by atoms with Gasteiger partial charge in [-0.1, -0.05) is 70.7 Å². The number of pyridine rings is 3. The van der Waals surface area contributed by atoms with Crippen molar-refractivity contribution in [3.05, 3.63) is 66.6 Å². The molecule has 1 N–H and O–H groups in total.